The normalized spacial score (nSPS) is 2.86. The van der Waals surface area contributed by atoms with Crippen LogP contribution in [0.2, 0.25) is 0 Å². The summed E-state index contributed by atoms with van der Waals surface area (Å²) >= 11 is -0.750. The minimum Gasteiger partial charge on any atom is -0.197 e. The molecule has 0 amide bonds. The number of carbonyl (C=O) groups excluding carboxylic acids is 2. The highest BCUT2D eigenvalue weighted by atomic mass is 32.1. The van der Waals surface area contributed by atoms with Gasteiger partial charge in [-0.25, -0.2) is 0 Å². The van der Waals surface area contributed by atoms with Crippen molar-refractivity contribution >= 4 is 31.2 Å². The van der Waals surface area contributed by atoms with Crippen LogP contribution in [-0.2, 0) is 21.2 Å². The van der Waals surface area contributed by atoms with Gasteiger partial charge in [-0.3, -0.25) is 0 Å². The third-order valence-electron chi connectivity index (χ3n) is 0. The summed E-state index contributed by atoms with van der Waals surface area (Å²) in [4.78, 5) is 16.2. The lowest BCUT2D eigenvalue weighted by Gasteiger charge is -0.947. The van der Waals surface area contributed by atoms with Crippen LogP contribution >= 0.6 is 13.5 Å². The van der Waals surface area contributed by atoms with Crippen LogP contribution in [0.25, 0.3) is 0 Å². The van der Waals surface area contributed by atoms with Crippen molar-refractivity contribution in [3.05, 3.63) is 0 Å². The first-order valence-corrected chi connectivity index (χ1v) is 1.41. The fourth-order valence-corrected chi connectivity index (χ4v) is 0. The van der Waals surface area contributed by atoms with Crippen molar-refractivity contribution in [1.82, 2.24) is 0 Å². The Morgan fingerprint density at radius 2 is 1.14 bits per heavy atom. The largest absolute Gasteiger partial charge is 0.373 e. The molecule has 0 N–H and O–H groups in total. The second-order valence-electron chi connectivity index (χ2n) is 0.151. The topological polar surface area (TPSA) is 68.3 Å². The molecule has 0 aliphatic rings. The first-order valence-electron chi connectivity index (χ1n) is 0.742. The summed E-state index contributed by atoms with van der Waals surface area (Å²) in [5.74, 6) is 0. The molecular weight excluding hydrogens is 140 g/mol. The van der Waals surface area contributed by atoms with E-state index in [1.165, 1.54) is 0 Å². The van der Waals surface area contributed by atoms with Crippen LogP contribution in [0.4, 0.5) is 0 Å². The zero-order valence-electron chi connectivity index (χ0n) is 3.04. The number of rotatable bonds is 0. The van der Waals surface area contributed by atoms with E-state index in [1.54, 1.807) is 0 Å². The summed E-state index contributed by atoms with van der Waals surface area (Å²) in [6.45, 7) is 0. The summed E-state index contributed by atoms with van der Waals surface area (Å²) in [5, 5.41) is 0. The maximum absolute atomic E-state index is 8.29. The lowest BCUT2D eigenvalue weighted by atomic mass is 11.8. The summed E-state index contributed by atoms with van der Waals surface area (Å²) in [6, 6.07) is 0. The van der Waals surface area contributed by atoms with Gasteiger partial charge in [0.05, 0.1) is 0 Å². The molecule has 4 nitrogen and oxygen atoms in total. The Balaban J connectivity index is -0.0000000400. The lowest BCUT2D eigenvalue weighted by molar-refractivity contribution is -0.191. The summed E-state index contributed by atoms with van der Waals surface area (Å²) < 4.78 is 16.6. The molecule has 0 aromatic carbocycles. The average molecular weight is 142 g/mol. The van der Waals surface area contributed by atoms with Crippen LogP contribution in [0, 0.1) is 0 Å². The molecule has 0 atom stereocenters. The molecule has 0 radical (unpaired) electrons. The molecule has 42 valence electrons. The van der Waals surface area contributed by atoms with Crippen molar-refractivity contribution < 1.29 is 18.0 Å². The van der Waals surface area contributed by atoms with Gasteiger partial charge >= 0.3 is 17.7 Å². The molecule has 0 saturated carbocycles. The van der Waals surface area contributed by atoms with Crippen molar-refractivity contribution in [2.75, 3.05) is 0 Å². The number of hydrogen-bond acceptors (Lipinski definition) is 4. The van der Waals surface area contributed by atoms with Gasteiger partial charge in [-0.2, -0.15) is 31.5 Å². The van der Waals surface area contributed by atoms with Gasteiger partial charge in [0.25, 0.3) is 0 Å². The fourth-order valence-electron chi connectivity index (χ4n) is 0. The minimum atomic E-state index is -0.750. The molecule has 0 rings (SSSR count). The molecule has 0 fully saturated rings. The second-order valence-corrected chi connectivity index (χ2v) is 0.287. The van der Waals surface area contributed by atoms with E-state index in [0.29, 0.717) is 0 Å². The first kappa shape index (κ1) is 16.0. The van der Waals surface area contributed by atoms with E-state index in [2.05, 4.69) is 0 Å². The van der Waals surface area contributed by atoms with E-state index in [9.17, 15) is 0 Å². The fraction of sp³-hybridized carbons (Fsp3) is 0. The van der Waals surface area contributed by atoms with Crippen molar-refractivity contribution in [3.63, 3.8) is 0 Å². The molecule has 0 aliphatic heterocycles. The predicted molar refractivity (Wildman–Crippen MR) is 24.3 cm³/mol. The van der Waals surface area contributed by atoms with E-state index >= 15 is 0 Å². The van der Waals surface area contributed by atoms with Crippen LogP contribution < -0.4 is 0 Å². The maximum atomic E-state index is 8.29. The predicted octanol–water partition coefficient (Wildman–Crippen LogP) is -1.14. The number of hydrogen-bond donors (Lipinski definition) is 0. The van der Waals surface area contributed by atoms with Crippen molar-refractivity contribution in [3.8, 4) is 0 Å². The molecule has 0 aromatic heterocycles. The van der Waals surface area contributed by atoms with E-state index in [-0.39, 0.29) is 19.6 Å². The molecule has 0 aromatic rings. The minimum absolute atomic E-state index is 0. The van der Waals surface area contributed by atoms with Crippen LogP contribution in [-0.4, -0.2) is 14.6 Å². The van der Waals surface area contributed by atoms with E-state index in [0.717, 1.165) is 0 Å². The summed E-state index contributed by atoms with van der Waals surface area (Å²) in [5.41, 5.74) is 0. The molecule has 0 spiro atoms. The summed E-state index contributed by atoms with van der Waals surface area (Å²) in [6.07, 6.45) is 0.250. The van der Waals surface area contributed by atoms with E-state index < -0.39 is 11.6 Å². The zero-order valence-corrected chi connectivity index (χ0v) is 4.86. The Morgan fingerprint density at radius 1 is 1.14 bits per heavy atom. The van der Waals surface area contributed by atoms with E-state index in [1.807, 2.05) is 0 Å². The third-order valence-corrected chi connectivity index (χ3v) is 0. The van der Waals surface area contributed by atoms with Gasteiger partial charge in [0.1, 0.15) is 0 Å². The van der Waals surface area contributed by atoms with Crippen LogP contribution in [0.15, 0.2) is 0 Å². The van der Waals surface area contributed by atoms with E-state index in [4.69, 9.17) is 18.0 Å². The lowest BCUT2D eigenvalue weighted by Crippen LogP contribution is -1.22. The smallest absolute Gasteiger partial charge is 0.197 e. The zero-order chi connectivity index (χ0) is 5.41. The Labute approximate surface area is 50.0 Å². The van der Waals surface area contributed by atoms with Gasteiger partial charge in [-0.05, 0) is 0 Å². The van der Waals surface area contributed by atoms with Gasteiger partial charge in [0, 0.05) is 0 Å². The highest BCUT2D eigenvalue weighted by molar-refractivity contribution is 7.59. The summed E-state index contributed by atoms with van der Waals surface area (Å²) in [7, 11) is 0. The molecule has 0 unspecified atom stereocenters. The first-order chi connectivity index (χ1) is 2.83. The molecule has 0 aliphatic carbocycles. The standard InChI is InChI=1S/CO2.O2S.H2S/c2-1-3;1-3-2;/h;;1H2. The Hall–Kier alpha value is -0.450. The molecule has 6 heteroatoms. The van der Waals surface area contributed by atoms with Crippen LogP contribution in [0.5, 0.6) is 0 Å². The maximum Gasteiger partial charge on any atom is 0.373 e. The Bertz CT molecular complexity index is 63.7. The highest BCUT2D eigenvalue weighted by Gasteiger charge is 1.13. The molecule has 7 heavy (non-hydrogen) atoms. The Morgan fingerprint density at radius 3 is 1.14 bits per heavy atom. The average Bonchev–Trinajstić information content (AvgIpc) is 1.39. The van der Waals surface area contributed by atoms with Crippen LogP contribution in [0.3, 0.4) is 0 Å². The van der Waals surface area contributed by atoms with Crippen molar-refractivity contribution in [2.45, 2.75) is 0 Å². The molecule has 0 saturated heterocycles. The van der Waals surface area contributed by atoms with Gasteiger partial charge < -0.3 is 0 Å². The molecule has 0 bridgehead atoms. The van der Waals surface area contributed by atoms with Gasteiger partial charge in [0.15, 0.2) is 0 Å². The SMILES string of the molecule is O=C=O.O=S=O.S. The quantitative estimate of drug-likeness (QED) is 0.428. The van der Waals surface area contributed by atoms with Crippen molar-refractivity contribution in [2.24, 2.45) is 0 Å². The highest BCUT2D eigenvalue weighted by Crippen LogP contribution is 0.846. The molecule has 0 heterocycles. The van der Waals surface area contributed by atoms with Gasteiger partial charge in [0.2, 0.25) is 0 Å². The van der Waals surface area contributed by atoms with Gasteiger partial charge in [-0.1, -0.05) is 0 Å². The monoisotopic (exact) mass is 142 g/mol. The second kappa shape index (κ2) is 47.8. The third kappa shape index (κ3) is 345. The Kier molecular flexibility index (Phi) is 109. The van der Waals surface area contributed by atoms with Gasteiger partial charge in [-0.15, -0.1) is 0 Å². The van der Waals surface area contributed by atoms with Crippen LogP contribution in [0.1, 0.15) is 0 Å². The van der Waals surface area contributed by atoms with Crippen molar-refractivity contribution in [1.29, 1.82) is 0 Å². The molecular formula is CH2O4S2.